The molecule has 1 atom stereocenters. The molecule has 0 bridgehead atoms. The van der Waals surface area contributed by atoms with Crippen molar-refractivity contribution in [1.29, 1.82) is 0 Å². The Morgan fingerprint density at radius 3 is 2.39 bits per heavy atom. The van der Waals surface area contributed by atoms with Crippen molar-refractivity contribution in [3.63, 3.8) is 0 Å². The molecule has 6 heteroatoms. The molecule has 0 aliphatic heterocycles. The average Bonchev–Trinajstić information content (AvgIpc) is 2.65. The molecule has 3 N–H and O–H groups in total. The lowest BCUT2D eigenvalue weighted by atomic mass is 10.1. The number of ether oxygens (including phenoxy) is 1. The molecule has 0 spiro atoms. The van der Waals surface area contributed by atoms with E-state index in [9.17, 15) is 9.59 Å². The molecule has 0 aliphatic carbocycles. The molecule has 0 fully saturated rings. The first-order valence-electron chi connectivity index (χ1n) is 9.45. The number of nitrogens with one attached hydrogen (secondary N) is 3. The maximum Gasteiger partial charge on any atom is 0.315 e. The second kappa shape index (κ2) is 10.5. The van der Waals surface area contributed by atoms with Crippen molar-refractivity contribution in [3.05, 3.63) is 65.2 Å². The van der Waals surface area contributed by atoms with E-state index in [1.165, 1.54) is 6.92 Å². The lowest BCUT2D eigenvalue weighted by molar-refractivity contribution is -0.114. The van der Waals surface area contributed by atoms with Gasteiger partial charge >= 0.3 is 6.03 Å². The summed E-state index contributed by atoms with van der Waals surface area (Å²) in [6.07, 6.45) is 0.151. The van der Waals surface area contributed by atoms with Gasteiger partial charge in [0.1, 0.15) is 0 Å². The zero-order valence-corrected chi connectivity index (χ0v) is 16.9. The number of carbonyl (C=O) groups is 2. The van der Waals surface area contributed by atoms with E-state index < -0.39 is 0 Å². The highest BCUT2D eigenvalue weighted by molar-refractivity contribution is 5.88. The molecule has 2 aromatic rings. The van der Waals surface area contributed by atoms with Gasteiger partial charge in [-0.1, -0.05) is 36.4 Å². The maximum absolute atomic E-state index is 12.3. The molecule has 0 aromatic heterocycles. The second-order valence-corrected chi connectivity index (χ2v) is 6.98. The Labute approximate surface area is 166 Å². The summed E-state index contributed by atoms with van der Waals surface area (Å²) in [4.78, 5) is 23.5. The number of benzene rings is 2. The van der Waals surface area contributed by atoms with E-state index in [0.29, 0.717) is 18.8 Å². The molecule has 28 heavy (non-hydrogen) atoms. The quantitative estimate of drug-likeness (QED) is 0.641. The van der Waals surface area contributed by atoms with Gasteiger partial charge in [0.25, 0.3) is 0 Å². The van der Waals surface area contributed by atoms with Crippen molar-refractivity contribution in [3.8, 4) is 0 Å². The number of hydrogen-bond donors (Lipinski definition) is 3. The Balaban J connectivity index is 1.91. The SMILES string of the molecule is CC(=O)Nc1cccc(C(C)NC(=O)NCc2ccccc2COC(C)C)c1. The fraction of sp³-hybridized carbons (Fsp3) is 0.364. The largest absolute Gasteiger partial charge is 0.374 e. The lowest BCUT2D eigenvalue weighted by Crippen LogP contribution is -2.36. The fourth-order valence-corrected chi connectivity index (χ4v) is 2.72. The number of rotatable bonds is 8. The molecular weight excluding hydrogens is 354 g/mol. The van der Waals surface area contributed by atoms with E-state index in [1.54, 1.807) is 0 Å². The first-order chi connectivity index (χ1) is 13.3. The van der Waals surface area contributed by atoms with Crippen LogP contribution in [-0.2, 0) is 22.7 Å². The average molecular weight is 383 g/mol. The van der Waals surface area contributed by atoms with Gasteiger partial charge in [-0.2, -0.15) is 0 Å². The zero-order valence-electron chi connectivity index (χ0n) is 16.9. The van der Waals surface area contributed by atoms with Crippen LogP contribution in [0.5, 0.6) is 0 Å². The van der Waals surface area contributed by atoms with Crippen molar-refractivity contribution >= 4 is 17.6 Å². The van der Waals surface area contributed by atoms with Gasteiger partial charge in [-0.3, -0.25) is 4.79 Å². The predicted molar refractivity (Wildman–Crippen MR) is 111 cm³/mol. The van der Waals surface area contributed by atoms with Crippen molar-refractivity contribution in [1.82, 2.24) is 10.6 Å². The van der Waals surface area contributed by atoms with Crippen LogP contribution in [0.2, 0.25) is 0 Å². The molecule has 3 amide bonds. The number of hydrogen-bond acceptors (Lipinski definition) is 3. The van der Waals surface area contributed by atoms with Gasteiger partial charge in [0.15, 0.2) is 0 Å². The van der Waals surface area contributed by atoms with Gasteiger partial charge in [0, 0.05) is 19.2 Å². The van der Waals surface area contributed by atoms with Crippen molar-refractivity contribution in [2.45, 2.75) is 53.0 Å². The second-order valence-electron chi connectivity index (χ2n) is 6.98. The van der Waals surface area contributed by atoms with Crippen LogP contribution in [0.15, 0.2) is 48.5 Å². The van der Waals surface area contributed by atoms with Gasteiger partial charge in [0.05, 0.1) is 18.8 Å². The Bertz CT molecular complexity index is 805. The fourth-order valence-electron chi connectivity index (χ4n) is 2.72. The Morgan fingerprint density at radius 2 is 1.71 bits per heavy atom. The summed E-state index contributed by atoms with van der Waals surface area (Å²) >= 11 is 0. The van der Waals surface area contributed by atoms with E-state index in [-0.39, 0.29) is 24.1 Å². The number of urea groups is 1. The van der Waals surface area contributed by atoms with Crippen LogP contribution in [0.25, 0.3) is 0 Å². The minimum atomic E-state index is -0.253. The summed E-state index contributed by atoms with van der Waals surface area (Å²) in [5.41, 5.74) is 3.71. The van der Waals surface area contributed by atoms with Crippen LogP contribution >= 0.6 is 0 Å². The first kappa shape index (κ1) is 21.4. The monoisotopic (exact) mass is 383 g/mol. The molecule has 6 nitrogen and oxygen atoms in total. The minimum Gasteiger partial charge on any atom is -0.374 e. The predicted octanol–water partition coefficient (Wildman–Crippen LogP) is 4.13. The molecule has 0 saturated carbocycles. The Kier molecular flexibility index (Phi) is 8.02. The van der Waals surface area contributed by atoms with E-state index >= 15 is 0 Å². The van der Waals surface area contributed by atoms with Gasteiger partial charge in [0.2, 0.25) is 5.91 Å². The van der Waals surface area contributed by atoms with Gasteiger partial charge in [-0.05, 0) is 49.6 Å². The Morgan fingerprint density at radius 1 is 1.00 bits per heavy atom. The third kappa shape index (κ3) is 7.04. The lowest BCUT2D eigenvalue weighted by Gasteiger charge is -2.17. The third-order valence-corrected chi connectivity index (χ3v) is 4.18. The number of anilines is 1. The van der Waals surface area contributed by atoms with Crippen LogP contribution in [0.1, 0.15) is 50.4 Å². The molecule has 2 aromatic carbocycles. The number of carbonyl (C=O) groups excluding carboxylic acids is 2. The highest BCUT2D eigenvalue weighted by atomic mass is 16.5. The molecule has 0 aliphatic rings. The minimum absolute atomic E-state index is 0.129. The van der Waals surface area contributed by atoms with E-state index in [4.69, 9.17) is 4.74 Å². The molecular formula is C22H29N3O3. The van der Waals surface area contributed by atoms with Crippen LogP contribution < -0.4 is 16.0 Å². The van der Waals surface area contributed by atoms with Gasteiger partial charge in [-0.15, -0.1) is 0 Å². The van der Waals surface area contributed by atoms with Crippen LogP contribution in [-0.4, -0.2) is 18.0 Å². The molecule has 2 rings (SSSR count). The van der Waals surface area contributed by atoms with E-state index in [0.717, 1.165) is 16.7 Å². The van der Waals surface area contributed by atoms with E-state index in [1.807, 2.05) is 69.3 Å². The smallest absolute Gasteiger partial charge is 0.315 e. The maximum atomic E-state index is 12.3. The van der Waals surface area contributed by atoms with Crippen LogP contribution in [0.4, 0.5) is 10.5 Å². The zero-order chi connectivity index (χ0) is 20.5. The molecule has 150 valence electrons. The van der Waals surface area contributed by atoms with Crippen LogP contribution in [0, 0.1) is 0 Å². The summed E-state index contributed by atoms with van der Waals surface area (Å²) in [6, 6.07) is 14.9. The molecule has 0 saturated heterocycles. The summed E-state index contributed by atoms with van der Waals surface area (Å²) in [7, 11) is 0. The van der Waals surface area contributed by atoms with Gasteiger partial charge < -0.3 is 20.7 Å². The number of amides is 3. The van der Waals surface area contributed by atoms with Crippen LogP contribution in [0.3, 0.4) is 0 Å². The summed E-state index contributed by atoms with van der Waals surface area (Å²) in [6.45, 7) is 8.29. The topological polar surface area (TPSA) is 79.5 Å². The summed E-state index contributed by atoms with van der Waals surface area (Å²) < 4.78 is 5.68. The highest BCUT2D eigenvalue weighted by Crippen LogP contribution is 2.17. The molecule has 0 heterocycles. The first-order valence-corrected chi connectivity index (χ1v) is 9.45. The summed E-state index contributed by atoms with van der Waals surface area (Å²) in [5, 5.41) is 8.57. The normalized spacial score (nSPS) is 11.8. The van der Waals surface area contributed by atoms with Gasteiger partial charge in [-0.25, -0.2) is 4.79 Å². The third-order valence-electron chi connectivity index (χ3n) is 4.18. The van der Waals surface area contributed by atoms with Crippen molar-refractivity contribution < 1.29 is 14.3 Å². The molecule has 1 unspecified atom stereocenters. The van der Waals surface area contributed by atoms with Crippen molar-refractivity contribution in [2.24, 2.45) is 0 Å². The summed E-state index contributed by atoms with van der Waals surface area (Å²) in [5.74, 6) is -0.129. The molecule has 0 radical (unpaired) electrons. The standard InChI is InChI=1S/C22H29N3O3/c1-15(2)28-14-20-9-6-5-8-19(20)13-23-22(27)24-16(3)18-10-7-11-21(12-18)25-17(4)26/h5-12,15-16H,13-14H2,1-4H3,(H,25,26)(H2,23,24,27). The highest BCUT2D eigenvalue weighted by Gasteiger charge is 2.11. The van der Waals surface area contributed by atoms with E-state index in [2.05, 4.69) is 16.0 Å². The van der Waals surface area contributed by atoms with Crippen molar-refractivity contribution in [2.75, 3.05) is 5.32 Å². The Hall–Kier alpha value is -2.86.